The van der Waals surface area contributed by atoms with Crippen LogP contribution in [0.15, 0.2) is 157 Å². The van der Waals surface area contributed by atoms with Crippen LogP contribution >= 0.6 is 0 Å². The Morgan fingerprint density at radius 2 is 1.20 bits per heavy atom. The zero-order valence-corrected chi connectivity index (χ0v) is 24.9. The number of benzene rings is 6. The largest absolute Gasteiger partial charge is 0.260 e. The van der Waals surface area contributed by atoms with E-state index in [0.29, 0.717) is 0 Å². The molecule has 8 aromatic rings. The third-order valence-electron chi connectivity index (χ3n) is 8.73. The number of aromatic nitrogens is 2. The van der Waals surface area contributed by atoms with Gasteiger partial charge in [-0.05, 0) is 74.1 Å². The lowest BCUT2D eigenvalue weighted by molar-refractivity contribution is 1.37. The van der Waals surface area contributed by atoms with E-state index < -0.39 is 0 Å². The van der Waals surface area contributed by atoms with E-state index in [-0.39, 0.29) is 0 Å². The van der Waals surface area contributed by atoms with E-state index in [4.69, 9.17) is 9.98 Å². The Hall–Kier alpha value is -5.93. The zero-order valence-electron chi connectivity index (χ0n) is 24.9. The Balaban J connectivity index is 1.12. The van der Waals surface area contributed by atoms with E-state index in [0.717, 1.165) is 55.5 Å². The Labute approximate surface area is 261 Å². The smallest absolute Gasteiger partial charge is 0.0972 e. The van der Waals surface area contributed by atoms with Gasteiger partial charge in [-0.15, -0.1) is 0 Å². The summed E-state index contributed by atoms with van der Waals surface area (Å²) in [6.07, 6.45) is 5.59. The second kappa shape index (κ2) is 11.0. The molecule has 2 heterocycles. The monoisotopic (exact) mass is 575 g/mol. The van der Waals surface area contributed by atoms with E-state index >= 15 is 0 Å². The molecular formula is C42H29N3. The molecule has 0 spiro atoms. The first-order chi connectivity index (χ1) is 22.2. The minimum Gasteiger partial charge on any atom is -0.260 e. The van der Waals surface area contributed by atoms with Crippen molar-refractivity contribution in [3.8, 4) is 11.3 Å². The molecule has 2 aromatic heterocycles. The van der Waals surface area contributed by atoms with Crippen molar-refractivity contribution < 1.29 is 0 Å². The number of hydrogen-bond donors (Lipinski definition) is 0. The first-order valence-corrected chi connectivity index (χ1v) is 15.1. The summed E-state index contributed by atoms with van der Waals surface area (Å²) in [7, 11) is 0. The molecule has 0 N–H and O–H groups in total. The number of fused-ring (bicyclic) bond motifs is 9. The van der Waals surface area contributed by atoms with Crippen molar-refractivity contribution in [2.24, 2.45) is 4.99 Å². The minimum atomic E-state index is 0.918. The molecule has 0 aliphatic heterocycles. The molecule has 0 aliphatic carbocycles. The number of pyridine rings is 2. The number of allylic oxidation sites excluding steroid dienone is 2. The quantitative estimate of drug-likeness (QED) is 0.116. The average molecular weight is 576 g/mol. The summed E-state index contributed by atoms with van der Waals surface area (Å²) in [5, 5.41) is 9.76. The van der Waals surface area contributed by atoms with Crippen LogP contribution in [-0.4, -0.2) is 15.7 Å². The molecule has 0 saturated carbocycles. The molecule has 0 atom stereocenters. The lowest BCUT2D eigenvalue weighted by atomic mass is 9.93. The van der Waals surface area contributed by atoms with Crippen LogP contribution in [0.2, 0.25) is 0 Å². The first kappa shape index (κ1) is 26.7. The van der Waals surface area contributed by atoms with Gasteiger partial charge >= 0.3 is 0 Å². The SMILES string of the molecule is C=C/C(=C\N=C(C)c1ccc2c3ccccc3c3ccccc3c2c1)c1ccc(-c2ccc3ccc4cccnc4c3n2)cc1. The number of aliphatic imine (C=N–C) groups is 1. The molecule has 3 nitrogen and oxygen atoms in total. The number of hydrogen-bond acceptors (Lipinski definition) is 3. The maximum absolute atomic E-state index is 5.00. The molecule has 0 saturated heterocycles. The summed E-state index contributed by atoms with van der Waals surface area (Å²) in [4.78, 5) is 14.5. The topological polar surface area (TPSA) is 38.1 Å². The minimum absolute atomic E-state index is 0.918. The maximum atomic E-state index is 5.00. The van der Waals surface area contributed by atoms with Crippen molar-refractivity contribution in [1.29, 1.82) is 0 Å². The normalized spacial score (nSPS) is 12.5. The van der Waals surface area contributed by atoms with Gasteiger partial charge < -0.3 is 0 Å². The van der Waals surface area contributed by atoms with Gasteiger partial charge in [0.25, 0.3) is 0 Å². The molecule has 212 valence electrons. The predicted octanol–water partition coefficient (Wildman–Crippen LogP) is 10.9. The molecule has 6 aromatic carbocycles. The van der Waals surface area contributed by atoms with Gasteiger partial charge in [0, 0.05) is 34.4 Å². The third kappa shape index (κ3) is 4.66. The van der Waals surface area contributed by atoms with Gasteiger partial charge in [-0.25, -0.2) is 4.98 Å². The number of nitrogens with zero attached hydrogens (tertiary/aromatic N) is 3. The molecule has 8 rings (SSSR count). The van der Waals surface area contributed by atoms with Crippen molar-refractivity contribution in [2.75, 3.05) is 0 Å². The molecule has 0 aliphatic rings. The van der Waals surface area contributed by atoms with Gasteiger partial charge in [-0.1, -0.05) is 122 Å². The van der Waals surface area contributed by atoms with Crippen molar-refractivity contribution in [1.82, 2.24) is 9.97 Å². The molecule has 0 fully saturated rings. The molecule has 0 amide bonds. The summed E-state index contributed by atoms with van der Waals surface area (Å²) >= 11 is 0. The van der Waals surface area contributed by atoms with E-state index in [1.165, 1.54) is 32.3 Å². The van der Waals surface area contributed by atoms with E-state index in [2.05, 4.69) is 140 Å². The van der Waals surface area contributed by atoms with Crippen LogP contribution in [0.4, 0.5) is 0 Å². The highest BCUT2D eigenvalue weighted by Gasteiger charge is 2.10. The fraction of sp³-hybridized carbons (Fsp3) is 0.0238. The van der Waals surface area contributed by atoms with Crippen molar-refractivity contribution in [3.63, 3.8) is 0 Å². The van der Waals surface area contributed by atoms with Crippen LogP contribution in [0.1, 0.15) is 18.1 Å². The van der Waals surface area contributed by atoms with E-state index in [1.54, 1.807) is 0 Å². The Bertz CT molecular complexity index is 2470. The van der Waals surface area contributed by atoms with Crippen molar-refractivity contribution >= 4 is 65.4 Å². The van der Waals surface area contributed by atoms with Crippen LogP contribution in [0.25, 0.3) is 71.0 Å². The molecular weight excluding hydrogens is 546 g/mol. The summed E-state index contributed by atoms with van der Waals surface area (Å²) in [5.74, 6) is 0. The standard InChI is InChI=1S/C42H29N3/c1-3-28(29-14-16-30(17-15-29)40-23-21-32-19-18-31-9-8-24-43-41(31)42(32)45-40)26-44-27(2)33-20-22-38-36-12-5-4-10-34(36)35-11-6-7-13-37(35)39(38)25-33/h3-26H,1H2,2H3/b28-26+,44-27?. The zero-order chi connectivity index (χ0) is 30.3. The van der Waals surface area contributed by atoms with E-state index in [9.17, 15) is 0 Å². The molecule has 0 radical (unpaired) electrons. The summed E-state index contributed by atoms with van der Waals surface area (Å²) in [6, 6.07) is 44.8. The van der Waals surface area contributed by atoms with Gasteiger partial charge in [0.2, 0.25) is 0 Å². The van der Waals surface area contributed by atoms with Crippen molar-refractivity contribution in [2.45, 2.75) is 6.92 Å². The van der Waals surface area contributed by atoms with Crippen LogP contribution in [0, 0.1) is 0 Å². The van der Waals surface area contributed by atoms with Gasteiger partial charge in [0.05, 0.1) is 16.7 Å². The maximum Gasteiger partial charge on any atom is 0.0972 e. The first-order valence-electron chi connectivity index (χ1n) is 15.1. The Morgan fingerprint density at radius 3 is 1.89 bits per heavy atom. The predicted molar refractivity (Wildman–Crippen MR) is 192 cm³/mol. The second-order valence-electron chi connectivity index (χ2n) is 11.3. The summed E-state index contributed by atoms with van der Waals surface area (Å²) in [6.45, 7) is 6.14. The summed E-state index contributed by atoms with van der Waals surface area (Å²) < 4.78 is 0. The van der Waals surface area contributed by atoms with Crippen molar-refractivity contribution in [3.05, 3.63) is 164 Å². The van der Waals surface area contributed by atoms with Crippen LogP contribution < -0.4 is 0 Å². The van der Waals surface area contributed by atoms with Crippen LogP contribution in [0.5, 0.6) is 0 Å². The van der Waals surface area contributed by atoms with Crippen LogP contribution in [0.3, 0.4) is 0 Å². The third-order valence-corrected chi connectivity index (χ3v) is 8.73. The average Bonchev–Trinajstić information content (AvgIpc) is 3.11. The van der Waals surface area contributed by atoms with Gasteiger partial charge in [0.15, 0.2) is 0 Å². The highest BCUT2D eigenvalue weighted by Crippen LogP contribution is 2.35. The molecule has 3 heteroatoms. The fourth-order valence-electron chi connectivity index (χ4n) is 6.34. The molecule has 45 heavy (non-hydrogen) atoms. The van der Waals surface area contributed by atoms with Gasteiger partial charge in [0.1, 0.15) is 0 Å². The second-order valence-corrected chi connectivity index (χ2v) is 11.3. The molecule has 0 unspecified atom stereocenters. The lowest BCUT2D eigenvalue weighted by Gasteiger charge is -2.11. The van der Waals surface area contributed by atoms with E-state index in [1.807, 2.05) is 24.5 Å². The van der Waals surface area contributed by atoms with Gasteiger partial charge in [-0.2, -0.15) is 0 Å². The Kier molecular flexibility index (Phi) is 6.50. The van der Waals surface area contributed by atoms with Crippen LogP contribution in [-0.2, 0) is 0 Å². The summed E-state index contributed by atoms with van der Waals surface area (Å²) in [5.41, 5.74) is 7.87. The highest BCUT2D eigenvalue weighted by molar-refractivity contribution is 6.26. The fourth-order valence-corrected chi connectivity index (χ4v) is 6.34. The lowest BCUT2D eigenvalue weighted by Crippen LogP contribution is -1.95. The Morgan fingerprint density at radius 1 is 0.600 bits per heavy atom. The highest BCUT2D eigenvalue weighted by atomic mass is 14.8. The number of rotatable bonds is 5. The molecule has 0 bridgehead atoms. The van der Waals surface area contributed by atoms with Gasteiger partial charge in [-0.3, -0.25) is 9.98 Å².